The van der Waals surface area contributed by atoms with Crippen molar-refractivity contribution in [3.8, 4) is 11.1 Å². The molecule has 0 radical (unpaired) electrons. The summed E-state index contributed by atoms with van der Waals surface area (Å²) in [5.41, 5.74) is 9.00. The maximum absolute atomic E-state index is 12.5. The number of benzene rings is 1. The molecule has 0 atom stereocenters. The average Bonchev–Trinajstić information content (AvgIpc) is 3.52. The third kappa shape index (κ3) is 3.96. The number of nitrogens with zero attached hydrogens (tertiary/aromatic N) is 3. The maximum Gasteiger partial charge on any atom is 0.182 e. The van der Waals surface area contributed by atoms with Crippen molar-refractivity contribution in [1.82, 2.24) is 9.88 Å². The normalized spacial score (nSPS) is 18.4. The van der Waals surface area contributed by atoms with Gasteiger partial charge in [0.05, 0.1) is 5.54 Å². The minimum absolute atomic E-state index is 0.0508. The highest BCUT2D eigenvalue weighted by atomic mass is 16.1. The number of nitrogens with two attached hydrogens (primary N) is 1. The van der Waals surface area contributed by atoms with E-state index >= 15 is 0 Å². The standard InChI is InChI=1S/C23H30N4O/c1-16-13-21(27-11-9-26(10-12-27)19-7-8-19)25-15-20(16)17-5-4-6-18(14-17)22(28)23(2,3)24/h4-6,13-15,19H,7-12,24H2,1-3H3. The van der Waals surface area contributed by atoms with Crippen LogP contribution in [-0.2, 0) is 0 Å². The number of rotatable bonds is 5. The van der Waals surface area contributed by atoms with Gasteiger partial charge < -0.3 is 10.6 Å². The van der Waals surface area contributed by atoms with Gasteiger partial charge in [0.2, 0.25) is 0 Å². The molecule has 1 saturated heterocycles. The number of hydrogen-bond donors (Lipinski definition) is 1. The van der Waals surface area contributed by atoms with Gasteiger partial charge in [-0.3, -0.25) is 9.69 Å². The number of carbonyl (C=O) groups is 1. The number of aromatic nitrogens is 1. The van der Waals surface area contributed by atoms with Gasteiger partial charge in [-0.15, -0.1) is 0 Å². The average molecular weight is 379 g/mol. The predicted molar refractivity (Wildman–Crippen MR) is 114 cm³/mol. The molecule has 2 fully saturated rings. The van der Waals surface area contributed by atoms with Crippen LogP contribution in [0.2, 0.25) is 0 Å². The number of hydrogen-bond acceptors (Lipinski definition) is 5. The summed E-state index contributed by atoms with van der Waals surface area (Å²) in [6.45, 7) is 9.94. The summed E-state index contributed by atoms with van der Waals surface area (Å²) in [4.78, 5) is 22.3. The van der Waals surface area contributed by atoms with E-state index in [0.717, 1.165) is 49.2 Å². The molecule has 1 saturated carbocycles. The lowest BCUT2D eigenvalue weighted by atomic mass is 9.92. The van der Waals surface area contributed by atoms with Crippen molar-refractivity contribution in [3.63, 3.8) is 0 Å². The number of anilines is 1. The van der Waals surface area contributed by atoms with Gasteiger partial charge in [-0.1, -0.05) is 18.2 Å². The van der Waals surface area contributed by atoms with E-state index in [-0.39, 0.29) is 5.78 Å². The first-order valence-electron chi connectivity index (χ1n) is 10.2. The smallest absolute Gasteiger partial charge is 0.182 e. The van der Waals surface area contributed by atoms with Gasteiger partial charge in [0.25, 0.3) is 0 Å². The zero-order valence-electron chi connectivity index (χ0n) is 17.1. The van der Waals surface area contributed by atoms with Crippen molar-refractivity contribution in [2.45, 2.75) is 45.2 Å². The van der Waals surface area contributed by atoms with Crippen LogP contribution in [-0.4, -0.2) is 53.4 Å². The lowest BCUT2D eigenvalue weighted by Gasteiger charge is -2.35. The minimum atomic E-state index is -0.877. The van der Waals surface area contributed by atoms with Crippen molar-refractivity contribution < 1.29 is 4.79 Å². The van der Waals surface area contributed by atoms with Crippen LogP contribution in [0.5, 0.6) is 0 Å². The lowest BCUT2D eigenvalue weighted by Crippen LogP contribution is -2.47. The molecule has 1 aromatic carbocycles. The van der Waals surface area contributed by atoms with Crippen molar-refractivity contribution in [1.29, 1.82) is 0 Å². The molecule has 148 valence electrons. The number of pyridine rings is 1. The molecule has 2 heterocycles. The molecule has 5 heteroatoms. The van der Waals surface area contributed by atoms with E-state index in [9.17, 15) is 4.79 Å². The highest BCUT2D eigenvalue weighted by Crippen LogP contribution is 2.30. The fraction of sp³-hybridized carbons (Fsp3) is 0.478. The van der Waals surface area contributed by atoms with Gasteiger partial charge in [0.15, 0.2) is 5.78 Å². The number of carbonyl (C=O) groups excluding carboxylic acids is 1. The van der Waals surface area contributed by atoms with Gasteiger partial charge >= 0.3 is 0 Å². The molecule has 5 nitrogen and oxygen atoms in total. The second-order valence-corrected chi connectivity index (χ2v) is 8.74. The zero-order chi connectivity index (χ0) is 19.9. The van der Waals surface area contributed by atoms with Crippen LogP contribution in [0.25, 0.3) is 11.1 Å². The number of ketones is 1. The Morgan fingerprint density at radius 1 is 1.14 bits per heavy atom. The maximum atomic E-state index is 12.5. The monoisotopic (exact) mass is 378 g/mol. The van der Waals surface area contributed by atoms with E-state index in [4.69, 9.17) is 10.7 Å². The molecule has 1 aromatic heterocycles. The highest BCUT2D eigenvalue weighted by Gasteiger charge is 2.31. The molecule has 1 aliphatic heterocycles. The molecule has 2 aliphatic rings. The van der Waals surface area contributed by atoms with E-state index in [1.807, 2.05) is 30.5 Å². The van der Waals surface area contributed by atoms with Crippen LogP contribution >= 0.6 is 0 Å². The number of piperazine rings is 1. The minimum Gasteiger partial charge on any atom is -0.354 e. The Bertz CT molecular complexity index is 874. The van der Waals surface area contributed by atoms with Crippen molar-refractivity contribution in [3.05, 3.63) is 47.7 Å². The molecule has 28 heavy (non-hydrogen) atoms. The second kappa shape index (κ2) is 7.30. The Morgan fingerprint density at radius 3 is 2.46 bits per heavy atom. The third-order valence-corrected chi connectivity index (χ3v) is 5.82. The number of aryl methyl sites for hydroxylation is 1. The third-order valence-electron chi connectivity index (χ3n) is 5.82. The summed E-state index contributed by atoms with van der Waals surface area (Å²) in [5.74, 6) is 0.997. The molecular weight excluding hydrogens is 348 g/mol. The van der Waals surface area contributed by atoms with Crippen molar-refractivity contribution in [2.24, 2.45) is 5.73 Å². The Morgan fingerprint density at radius 2 is 1.86 bits per heavy atom. The fourth-order valence-electron chi connectivity index (χ4n) is 3.97. The highest BCUT2D eigenvalue weighted by molar-refractivity contribution is 6.03. The van der Waals surface area contributed by atoms with Crippen LogP contribution in [0.15, 0.2) is 36.5 Å². The molecule has 0 bridgehead atoms. The first-order chi connectivity index (χ1) is 13.3. The first-order valence-corrected chi connectivity index (χ1v) is 10.2. The van der Waals surface area contributed by atoms with Gasteiger partial charge in [-0.05, 0) is 56.9 Å². The number of Topliss-reactive ketones (excluding diaryl/α,β-unsaturated/α-hetero) is 1. The Labute approximate surface area is 167 Å². The van der Waals surface area contributed by atoms with E-state index in [1.165, 1.54) is 18.4 Å². The van der Waals surface area contributed by atoms with Gasteiger partial charge in [-0.25, -0.2) is 4.98 Å². The van der Waals surface area contributed by atoms with E-state index < -0.39 is 5.54 Å². The van der Waals surface area contributed by atoms with E-state index in [0.29, 0.717) is 5.56 Å². The molecule has 2 N–H and O–H groups in total. The van der Waals surface area contributed by atoms with Crippen molar-refractivity contribution in [2.75, 3.05) is 31.1 Å². The topological polar surface area (TPSA) is 62.5 Å². The quantitative estimate of drug-likeness (QED) is 0.809. The molecular formula is C23H30N4O. The van der Waals surface area contributed by atoms with E-state index in [1.54, 1.807) is 13.8 Å². The largest absolute Gasteiger partial charge is 0.354 e. The molecule has 4 rings (SSSR count). The van der Waals surface area contributed by atoms with Crippen molar-refractivity contribution >= 4 is 11.6 Å². The van der Waals surface area contributed by atoms with Crippen LogP contribution in [0.4, 0.5) is 5.82 Å². The Kier molecular flexibility index (Phi) is 4.98. The van der Waals surface area contributed by atoms with Crippen LogP contribution in [0.3, 0.4) is 0 Å². The molecule has 2 aromatic rings. The van der Waals surface area contributed by atoms with Crippen LogP contribution in [0.1, 0.15) is 42.6 Å². The van der Waals surface area contributed by atoms with Crippen LogP contribution < -0.4 is 10.6 Å². The van der Waals surface area contributed by atoms with Gasteiger partial charge in [0.1, 0.15) is 5.82 Å². The summed E-state index contributed by atoms with van der Waals surface area (Å²) < 4.78 is 0. The molecule has 1 aliphatic carbocycles. The Balaban J connectivity index is 1.53. The summed E-state index contributed by atoms with van der Waals surface area (Å²) in [5, 5.41) is 0. The van der Waals surface area contributed by atoms with Crippen LogP contribution in [0, 0.1) is 6.92 Å². The zero-order valence-corrected chi connectivity index (χ0v) is 17.1. The Hall–Kier alpha value is -2.24. The lowest BCUT2D eigenvalue weighted by molar-refractivity contribution is 0.0913. The first kappa shape index (κ1) is 19.1. The molecule has 0 spiro atoms. The van der Waals surface area contributed by atoms with Gasteiger partial charge in [-0.2, -0.15) is 0 Å². The SMILES string of the molecule is Cc1cc(N2CCN(C3CC3)CC2)ncc1-c1cccc(C(=O)C(C)(C)N)c1. The summed E-state index contributed by atoms with van der Waals surface area (Å²) >= 11 is 0. The second-order valence-electron chi connectivity index (χ2n) is 8.74. The van der Waals surface area contributed by atoms with E-state index in [2.05, 4.69) is 22.8 Å². The molecule has 0 amide bonds. The summed E-state index contributed by atoms with van der Waals surface area (Å²) in [6.07, 6.45) is 4.68. The fourth-order valence-corrected chi connectivity index (χ4v) is 3.97. The predicted octanol–water partition coefficient (Wildman–Crippen LogP) is 3.26. The van der Waals surface area contributed by atoms with Gasteiger partial charge in [0, 0.05) is 49.5 Å². The summed E-state index contributed by atoms with van der Waals surface area (Å²) in [6, 6.07) is 10.7. The summed E-state index contributed by atoms with van der Waals surface area (Å²) in [7, 11) is 0. The molecule has 0 unspecified atom stereocenters.